The summed E-state index contributed by atoms with van der Waals surface area (Å²) in [5.74, 6) is -0.731. The summed E-state index contributed by atoms with van der Waals surface area (Å²) in [6, 6.07) is 0. The molecule has 1 unspecified atom stereocenters. The lowest BCUT2D eigenvalue weighted by Crippen LogP contribution is -2.52. The third-order valence-corrected chi connectivity index (χ3v) is 2.58. The van der Waals surface area contributed by atoms with Gasteiger partial charge in [0, 0.05) is 17.9 Å². The normalized spacial score (nSPS) is 25.5. The molecule has 1 amide bonds. The van der Waals surface area contributed by atoms with Crippen LogP contribution < -0.4 is 5.32 Å². The van der Waals surface area contributed by atoms with Crippen molar-refractivity contribution >= 4 is 11.7 Å². The van der Waals surface area contributed by atoms with Gasteiger partial charge < -0.3 is 5.32 Å². The number of nitrogens with zero attached hydrogens (tertiary/aromatic N) is 3. The minimum absolute atomic E-state index is 0.266. The van der Waals surface area contributed by atoms with E-state index in [2.05, 4.69) is 15.3 Å². The summed E-state index contributed by atoms with van der Waals surface area (Å²) in [6.07, 6.45) is 2.14. The molecule has 1 aliphatic carbocycles. The van der Waals surface area contributed by atoms with Crippen molar-refractivity contribution in [3.05, 3.63) is 10.4 Å². The van der Waals surface area contributed by atoms with E-state index in [9.17, 15) is 9.59 Å². The molecule has 82 valence electrons. The van der Waals surface area contributed by atoms with Gasteiger partial charge in [-0.15, -0.1) is 0 Å². The Balaban J connectivity index is 3.00. The first kappa shape index (κ1) is 11.5. The number of rotatable bonds is 3. The Morgan fingerprint density at radius 3 is 2.93 bits per heavy atom. The van der Waals surface area contributed by atoms with Crippen molar-refractivity contribution in [3.63, 3.8) is 0 Å². The molecule has 0 spiro atoms. The number of hydrogen-bond donors (Lipinski definition) is 1. The molecule has 1 rings (SSSR count). The number of likely N-dealkylation sites (N-methyl/N-ethyl adjacent to an activating group) is 1. The van der Waals surface area contributed by atoms with Crippen molar-refractivity contribution in [2.75, 3.05) is 6.54 Å². The van der Waals surface area contributed by atoms with Gasteiger partial charge in [0.05, 0.1) is 0 Å². The molecule has 0 saturated heterocycles. The number of carbonyl (C=O) groups is 2. The molecule has 0 heterocycles. The van der Waals surface area contributed by atoms with Crippen LogP contribution in [0.2, 0.25) is 0 Å². The molecule has 0 radical (unpaired) electrons. The summed E-state index contributed by atoms with van der Waals surface area (Å²) in [5, 5.41) is 5.98. The predicted octanol–water partition coefficient (Wildman–Crippen LogP) is 1.31. The summed E-state index contributed by atoms with van der Waals surface area (Å²) < 4.78 is 0. The van der Waals surface area contributed by atoms with Gasteiger partial charge in [0.15, 0.2) is 11.3 Å². The van der Waals surface area contributed by atoms with Gasteiger partial charge in [-0.2, -0.15) is 0 Å². The van der Waals surface area contributed by atoms with Crippen molar-refractivity contribution in [3.8, 4) is 0 Å². The Hall–Kier alpha value is -1.55. The fourth-order valence-electron chi connectivity index (χ4n) is 1.79. The maximum absolute atomic E-state index is 11.7. The van der Waals surface area contributed by atoms with E-state index in [-0.39, 0.29) is 5.78 Å². The van der Waals surface area contributed by atoms with Crippen LogP contribution in [0.1, 0.15) is 32.6 Å². The standard InChI is InChI=1S/C9H14N4O2/c1-2-11-8(15)9(12-13-10)6-4-3-5-7(9)14/h2-6H2,1H3,(H,11,15). The quantitative estimate of drug-likeness (QED) is 0.329. The van der Waals surface area contributed by atoms with Crippen LogP contribution in [0.4, 0.5) is 0 Å². The Labute approximate surface area is 87.7 Å². The molecular weight excluding hydrogens is 196 g/mol. The lowest BCUT2D eigenvalue weighted by molar-refractivity contribution is -0.137. The largest absolute Gasteiger partial charge is 0.355 e. The topological polar surface area (TPSA) is 94.9 Å². The molecule has 1 N–H and O–H groups in total. The minimum Gasteiger partial charge on any atom is -0.355 e. The fourth-order valence-corrected chi connectivity index (χ4v) is 1.79. The van der Waals surface area contributed by atoms with Crippen LogP contribution in [0, 0.1) is 0 Å². The summed E-state index contributed by atoms with van der Waals surface area (Å²) >= 11 is 0. The molecule has 0 aromatic carbocycles. The van der Waals surface area contributed by atoms with Gasteiger partial charge in [0.25, 0.3) is 0 Å². The molecule has 0 aromatic rings. The maximum Gasteiger partial charge on any atom is 0.239 e. The zero-order chi connectivity index (χ0) is 11.3. The lowest BCUT2D eigenvalue weighted by atomic mass is 9.80. The van der Waals surface area contributed by atoms with Crippen molar-refractivity contribution < 1.29 is 9.59 Å². The zero-order valence-electron chi connectivity index (χ0n) is 8.69. The van der Waals surface area contributed by atoms with Crippen LogP contribution >= 0.6 is 0 Å². The maximum atomic E-state index is 11.7. The molecule has 15 heavy (non-hydrogen) atoms. The first-order valence-corrected chi connectivity index (χ1v) is 5.05. The van der Waals surface area contributed by atoms with Crippen molar-refractivity contribution in [2.24, 2.45) is 5.11 Å². The number of carbonyl (C=O) groups excluding carboxylic acids is 2. The molecular formula is C9H14N4O2. The van der Waals surface area contributed by atoms with Crippen LogP contribution in [0.15, 0.2) is 5.11 Å². The Morgan fingerprint density at radius 1 is 1.67 bits per heavy atom. The SMILES string of the molecule is CCNC(=O)C1(N=[N+]=[N-])CCCCC1=O. The Bertz CT molecular complexity index is 322. The lowest BCUT2D eigenvalue weighted by Gasteiger charge is -2.29. The number of ketones is 1. The van der Waals surface area contributed by atoms with E-state index in [1.54, 1.807) is 6.92 Å². The fraction of sp³-hybridized carbons (Fsp3) is 0.778. The number of nitrogens with one attached hydrogen (secondary N) is 1. The molecule has 6 heteroatoms. The molecule has 1 fully saturated rings. The third kappa shape index (κ3) is 2.10. The monoisotopic (exact) mass is 210 g/mol. The van der Waals surface area contributed by atoms with E-state index in [1.807, 2.05) is 0 Å². The first-order valence-electron chi connectivity index (χ1n) is 5.05. The number of Topliss-reactive ketones (excluding diaryl/α,β-unsaturated/α-hetero) is 1. The zero-order valence-corrected chi connectivity index (χ0v) is 8.69. The average Bonchev–Trinajstić information content (AvgIpc) is 2.22. The van der Waals surface area contributed by atoms with Crippen LogP contribution in [0.5, 0.6) is 0 Å². The van der Waals surface area contributed by atoms with Gasteiger partial charge in [-0.1, -0.05) is 11.5 Å². The third-order valence-electron chi connectivity index (χ3n) is 2.58. The van der Waals surface area contributed by atoms with Crippen molar-refractivity contribution in [1.29, 1.82) is 0 Å². The number of azide groups is 1. The second-order valence-corrected chi connectivity index (χ2v) is 3.54. The summed E-state index contributed by atoms with van der Waals surface area (Å²) in [7, 11) is 0. The van der Waals surface area contributed by atoms with E-state index in [4.69, 9.17) is 5.53 Å². The van der Waals surface area contributed by atoms with Crippen LogP contribution in [0.3, 0.4) is 0 Å². The molecule has 0 aromatic heterocycles. The molecule has 1 atom stereocenters. The van der Waals surface area contributed by atoms with Gasteiger partial charge in [-0.25, -0.2) is 0 Å². The highest BCUT2D eigenvalue weighted by atomic mass is 16.2. The molecule has 1 saturated carbocycles. The van der Waals surface area contributed by atoms with Gasteiger partial charge in [0.2, 0.25) is 5.91 Å². The van der Waals surface area contributed by atoms with E-state index in [1.165, 1.54) is 0 Å². The highest BCUT2D eigenvalue weighted by Crippen LogP contribution is 2.29. The van der Waals surface area contributed by atoms with E-state index < -0.39 is 11.4 Å². The molecule has 0 aliphatic heterocycles. The van der Waals surface area contributed by atoms with E-state index in [0.29, 0.717) is 19.4 Å². The van der Waals surface area contributed by atoms with Crippen LogP contribution in [0.25, 0.3) is 10.4 Å². The van der Waals surface area contributed by atoms with Crippen LogP contribution in [-0.2, 0) is 9.59 Å². The van der Waals surface area contributed by atoms with E-state index in [0.717, 1.165) is 12.8 Å². The van der Waals surface area contributed by atoms with Gasteiger partial charge >= 0.3 is 0 Å². The van der Waals surface area contributed by atoms with Crippen molar-refractivity contribution in [2.45, 2.75) is 38.1 Å². The van der Waals surface area contributed by atoms with Gasteiger partial charge in [0.1, 0.15) is 0 Å². The highest BCUT2D eigenvalue weighted by molar-refractivity contribution is 6.11. The summed E-state index contributed by atoms with van der Waals surface area (Å²) in [6.45, 7) is 2.18. The summed E-state index contributed by atoms with van der Waals surface area (Å²) in [4.78, 5) is 26.0. The summed E-state index contributed by atoms with van der Waals surface area (Å²) in [5.41, 5.74) is 6.96. The smallest absolute Gasteiger partial charge is 0.239 e. The second-order valence-electron chi connectivity index (χ2n) is 3.54. The average molecular weight is 210 g/mol. The van der Waals surface area contributed by atoms with Gasteiger partial charge in [-0.3, -0.25) is 9.59 Å². The Morgan fingerprint density at radius 2 is 2.40 bits per heavy atom. The molecule has 6 nitrogen and oxygen atoms in total. The predicted molar refractivity (Wildman–Crippen MR) is 54.0 cm³/mol. The second kappa shape index (κ2) is 4.79. The van der Waals surface area contributed by atoms with Crippen molar-refractivity contribution in [1.82, 2.24) is 5.32 Å². The number of amides is 1. The minimum atomic E-state index is -1.48. The van der Waals surface area contributed by atoms with E-state index >= 15 is 0 Å². The highest BCUT2D eigenvalue weighted by Gasteiger charge is 2.45. The molecule has 1 aliphatic rings. The number of hydrogen-bond acceptors (Lipinski definition) is 3. The molecule has 0 bridgehead atoms. The van der Waals surface area contributed by atoms with Crippen LogP contribution in [-0.4, -0.2) is 23.8 Å². The Kier molecular flexibility index (Phi) is 3.68. The first-order chi connectivity index (χ1) is 7.17. The van der Waals surface area contributed by atoms with Gasteiger partial charge in [-0.05, 0) is 25.3 Å².